The molecule has 6 heteroatoms. The minimum atomic E-state index is -0.349. The van der Waals surface area contributed by atoms with Crippen molar-refractivity contribution in [2.45, 2.75) is 13.3 Å². The zero-order valence-corrected chi connectivity index (χ0v) is 11.4. The van der Waals surface area contributed by atoms with Gasteiger partial charge in [0.15, 0.2) is 5.13 Å². The molecule has 0 unspecified atom stereocenters. The summed E-state index contributed by atoms with van der Waals surface area (Å²) in [5.74, 6) is -0.678. The molecule has 0 radical (unpaired) electrons. The van der Waals surface area contributed by atoms with Crippen molar-refractivity contribution < 1.29 is 13.9 Å². The number of nitrogens with one attached hydrogen (secondary N) is 1. The van der Waals surface area contributed by atoms with Gasteiger partial charge in [-0.05, 0) is 24.6 Å². The molecule has 1 heterocycles. The molecule has 0 saturated carbocycles. The second-order valence-corrected chi connectivity index (χ2v) is 4.86. The maximum Gasteiger partial charge on any atom is 0.311 e. The average Bonchev–Trinajstić information content (AvgIpc) is 2.80. The molecule has 19 heavy (non-hydrogen) atoms. The Morgan fingerprint density at radius 3 is 3.00 bits per heavy atom. The van der Waals surface area contributed by atoms with Crippen molar-refractivity contribution in [3.63, 3.8) is 0 Å². The maximum absolute atomic E-state index is 13.6. The predicted octanol–water partition coefficient (Wildman–Crippen LogP) is 3.05. The molecule has 1 N–H and O–H groups in total. The first-order valence-electron chi connectivity index (χ1n) is 5.63. The fourth-order valence-electron chi connectivity index (χ4n) is 1.50. The highest BCUT2D eigenvalue weighted by Crippen LogP contribution is 2.23. The number of benzene rings is 1. The summed E-state index contributed by atoms with van der Waals surface area (Å²) in [5, 5.41) is 5.18. The molecule has 0 amide bonds. The van der Waals surface area contributed by atoms with Crippen LogP contribution in [0.25, 0.3) is 0 Å². The molecule has 4 nitrogen and oxygen atoms in total. The molecule has 1 aromatic heterocycles. The Kier molecular flexibility index (Phi) is 4.11. The average molecular weight is 280 g/mol. The van der Waals surface area contributed by atoms with Crippen molar-refractivity contribution in [2.75, 3.05) is 12.4 Å². The Hall–Kier alpha value is -1.95. The molecule has 0 aliphatic heterocycles. The molecule has 0 aliphatic carbocycles. The molecule has 0 spiro atoms. The summed E-state index contributed by atoms with van der Waals surface area (Å²) in [7, 11) is 1.33. The number of halogens is 1. The number of thiazole rings is 1. The third-order valence-electron chi connectivity index (χ3n) is 2.47. The van der Waals surface area contributed by atoms with Crippen LogP contribution < -0.4 is 5.32 Å². The number of aromatic nitrogens is 1. The van der Waals surface area contributed by atoms with Gasteiger partial charge in [-0.25, -0.2) is 9.37 Å². The number of hydrogen-bond acceptors (Lipinski definition) is 5. The number of carbonyl (C=O) groups is 1. The van der Waals surface area contributed by atoms with Crippen LogP contribution in [0.1, 0.15) is 11.3 Å². The molecule has 100 valence electrons. The molecular formula is C13H13FN2O2S. The Balaban J connectivity index is 2.09. The quantitative estimate of drug-likeness (QED) is 0.875. The van der Waals surface area contributed by atoms with Gasteiger partial charge in [-0.1, -0.05) is 6.07 Å². The molecular weight excluding hydrogens is 267 g/mol. The van der Waals surface area contributed by atoms with Gasteiger partial charge in [0.1, 0.15) is 5.82 Å². The number of carbonyl (C=O) groups excluding carboxylic acids is 1. The second-order valence-electron chi connectivity index (χ2n) is 4.01. The van der Waals surface area contributed by atoms with E-state index in [2.05, 4.69) is 15.0 Å². The third-order valence-corrected chi connectivity index (χ3v) is 3.28. The van der Waals surface area contributed by atoms with Crippen molar-refractivity contribution in [3.8, 4) is 0 Å². The lowest BCUT2D eigenvalue weighted by Crippen LogP contribution is -2.04. The normalized spacial score (nSPS) is 10.3. The van der Waals surface area contributed by atoms with Crippen LogP contribution in [0.3, 0.4) is 0 Å². The summed E-state index contributed by atoms with van der Waals surface area (Å²) in [5.41, 5.74) is 1.82. The molecule has 0 aliphatic rings. The number of methoxy groups -OCH3 is 1. The lowest BCUT2D eigenvalue weighted by molar-refractivity contribution is -0.139. The predicted molar refractivity (Wildman–Crippen MR) is 72.3 cm³/mol. The fraction of sp³-hybridized carbons (Fsp3) is 0.231. The van der Waals surface area contributed by atoms with Crippen LogP contribution in [0.4, 0.5) is 15.2 Å². The number of rotatable bonds is 4. The van der Waals surface area contributed by atoms with Crippen molar-refractivity contribution in [1.29, 1.82) is 0 Å². The summed E-state index contributed by atoms with van der Waals surface area (Å²) in [6, 6.07) is 4.92. The lowest BCUT2D eigenvalue weighted by atomic mass is 10.2. The monoisotopic (exact) mass is 280 g/mol. The van der Waals surface area contributed by atoms with Gasteiger partial charge in [0, 0.05) is 5.38 Å². The van der Waals surface area contributed by atoms with Gasteiger partial charge in [0.25, 0.3) is 0 Å². The Morgan fingerprint density at radius 2 is 2.32 bits per heavy atom. The first-order valence-corrected chi connectivity index (χ1v) is 6.51. The van der Waals surface area contributed by atoms with Crippen LogP contribution in [-0.4, -0.2) is 18.1 Å². The van der Waals surface area contributed by atoms with Crippen LogP contribution in [0.2, 0.25) is 0 Å². The number of anilines is 2. The summed E-state index contributed by atoms with van der Waals surface area (Å²) >= 11 is 1.31. The van der Waals surface area contributed by atoms with Gasteiger partial charge in [-0.2, -0.15) is 0 Å². The van der Waals surface area contributed by atoms with Gasteiger partial charge in [-0.3, -0.25) is 4.79 Å². The van der Waals surface area contributed by atoms with E-state index < -0.39 is 0 Å². The van der Waals surface area contributed by atoms with Crippen LogP contribution >= 0.6 is 11.3 Å². The first kappa shape index (κ1) is 13.5. The first-order chi connectivity index (χ1) is 9.08. The zero-order chi connectivity index (χ0) is 13.8. The van der Waals surface area contributed by atoms with Gasteiger partial charge >= 0.3 is 5.97 Å². The third kappa shape index (κ3) is 3.51. The van der Waals surface area contributed by atoms with Crippen molar-refractivity contribution >= 4 is 28.1 Å². The van der Waals surface area contributed by atoms with E-state index in [0.29, 0.717) is 16.5 Å². The summed E-state index contributed by atoms with van der Waals surface area (Å²) in [6.45, 7) is 1.82. The van der Waals surface area contributed by atoms with Gasteiger partial charge in [0.2, 0.25) is 0 Å². The summed E-state index contributed by atoms with van der Waals surface area (Å²) < 4.78 is 18.2. The number of esters is 1. The molecule has 0 fully saturated rings. The van der Waals surface area contributed by atoms with Crippen LogP contribution in [-0.2, 0) is 16.0 Å². The number of nitrogens with zero attached hydrogens (tertiary/aromatic N) is 1. The van der Waals surface area contributed by atoms with Crippen molar-refractivity contribution in [1.82, 2.24) is 4.98 Å². The maximum atomic E-state index is 13.6. The fourth-order valence-corrected chi connectivity index (χ4v) is 2.22. The Morgan fingerprint density at radius 1 is 1.53 bits per heavy atom. The second kappa shape index (κ2) is 5.79. The minimum Gasteiger partial charge on any atom is -0.469 e. The van der Waals surface area contributed by atoms with Gasteiger partial charge < -0.3 is 10.1 Å². The molecule has 1 aromatic carbocycles. The Labute approximate surface area is 114 Å². The van der Waals surface area contributed by atoms with E-state index >= 15 is 0 Å². The Bertz CT molecular complexity index is 598. The van der Waals surface area contributed by atoms with E-state index in [4.69, 9.17) is 0 Å². The number of aryl methyl sites for hydroxylation is 1. The highest BCUT2D eigenvalue weighted by atomic mass is 32.1. The van der Waals surface area contributed by atoms with E-state index in [1.165, 1.54) is 24.5 Å². The van der Waals surface area contributed by atoms with E-state index in [0.717, 1.165) is 5.56 Å². The van der Waals surface area contributed by atoms with Gasteiger partial charge in [0.05, 0.1) is 24.9 Å². The largest absolute Gasteiger partial charge is 0.469 e. The number of ether oxygens (including phenoxy) is 1. The van der Waals surface area contributed by atoms with Crippen LogP contribution in [0.15, 0.2) is 23.6 Å². The van der Waals surface area contributed by atoms with E-state index in [1.807, 2.05) is 13.0 Å². The van der Waals surface area contributed by atoms with Crippen molar-refractivity contribution in [3.05, 3.63) is 40.7 Å². The smallest absolute Gasteiger partial charge is 0.311 e. The molecule has 2 rings (SSSR count). The molecule has 2 aromatic rings. The van der Waals surface area contributed by atoms with E-state index in [9.17, 15) is 9.18 Å². The zero-order valence-electron chi connectivity index (χ0n) is 10.6. The van der Waals surface area contributed by atoms with E-state index in [1.54, 1.807) is 11.4 Å². The minimum absolute atomic E-state index is 0.116. The molecule has 0 bridgehead atoms. The number of hydrogen-bond donors (Lipinski definition) is 1. The highest BCUT2D eigenvalue weighted by molar-refractivity contribution is 7.13. The van der Waals surface area contributed by atoms with Gasteiger partial charge in [-0.15, -0.1) is 11.3 Å². The van der Waals surface area contributed by atoms with Crippen LogP contribution in [0, 0.1) is 12.7 Å². The summed E-state index contributed by atoms with van der Waals surface area (Å²) in [4.78, 5) is 15.3. The molecule has 0 saturated heterocycles. The molecule has 0 atom stereocenters. The van der Waals surface area contributed by atoms with Crippen LogP contribution in [0.5, 0.6) is 0 Å². The van der Waals surface area contributed by atoms with Crippen molar-refractivity contribution in [2.24, 2.45) is 0 Å². The highest BCUT2D eigenvalue weighted by Gasteiger charge is 2.09. The SMILES string of the molecule is COC(=O)Cc1csc(Nc2ccc(C)cc2F)n1. The standard InChI is InChI=1S/C13H13FN2O2S/c1-8-3-4-11(10(14)5-8)16-13-15-9(7-19-13)6-12(17)18-2/h3-5,7H,6H2,1-2H3,(H,15,16). The van der Waals surface area contributed by atoms with E-state index in [-0.39, 0.29) is 18.2 Å². The summed E-state index contributed by atoms with van der Waals surface area (Å²) in [6.07, 6.45) is 0.116. The topological polar surface area (TPSA) is 51.2 Å². The lowest BCUT2D eigenvalue weighted by Gasteiger charge is -2.04.